The number of rotatable bonds is 6. The highest BCUT2D eigenvalue weighted by Gasteiger charge is 2.18. The van der Waals surface area contributed by atoms with Crippen LogP contribution in [0.4, 0.5) is 19.1 Å². The third-order valence-electron chi connectivity index (χ3n) is 5.33. The van der Waals surface area contributed by atoms with E-state index < -0.39 is 11.6 Å². The Morgan fingerprint density at radius 2 is 1.68 bits per heavy atom. The summed E-state index contributed by atoms with van der Waals surface area (Å²) in [6.07, 6.45) is 3.32. The van der Waals surface area contributed by atoms with Crippen LogP contribution in [0.25, 0.3) is 28.3 Å². The monoisotopic (exact) mass is 461 g/mol. The molecule has 0 atom stereocenters. The second-order valence-electron chi connectivity index (χ2n) is 7.59. The lowest BCUT2D eigenvalue weighted by molar-refractivity contribution is 0.282. The molecule has 2 aromatic carbocycles. The van der Waals surface area contributed by atoms with Crippen LogP contribution >= 0.6 is 0 Å². The zero-order valence-electron chi connectivity index (χ0n) is 17.7. The van der Waals surface area contributed by atoms with Crippen LogP contribution in [0, 0.1) is 17.5 Å². The Balaban J connectivity index is 1.57. The van der Waals surface area contributed by atoms with Gasteiger partial charge >= 0.3 is 0 Å². The van der Waals surface area contributed by atoms with Gasteiger partial charge in [0.25, 0.3) is 0 Å². The lowest BCUT2D eigenvalue weighted by atomic mass is 10.1. The standard InChI is InChI=1S/C25H18F3N5O/c26-18-3-1-16(2-4-18)23-24(33-10-8-15(14-34)11-22(33)32-23)21-7-9-29-25(31-21)30-13-17-12-19(27)5-6-20(17)28/h1-12,34H,13-14H2,(H,29,30,31). The van der Waals surface area contributed by atoms with Gasteiger partial charge in [0.15, 0.2) is 0 Å². The molecule has 170 valence electrons. The Bertz CT molecular complexity index is 1480. The molecule has 34 heavy (non-hydrogen) atoms. The van der Waals surface area contributed by atoms with Crippen molar-refractivity contribution in [1.82, 2.24) is 19.4 Å². The molecule has 0 aliphatic carbocycles. The molecular weight excluding hydrogens is 443 g/mol. The number of benzene rings is 2. The summed E-state index contributed by atoms with van der Waals surface area (Å²) in [6, 6.07) is 14.4. The second-order valence-corrected chi connectivity index (χ2v) is 7.59. The van der Waals surface area contributed by atoms with E-state index in [1.165, 1.54) is 12.1 Å². The number of hydrogen-bond donors (Lipinski definition) is 2. The molecule has 2 N–H and O–H groups in total. The Morgan fingerprint density at radius 3 is 2.47 bits per heavy atom. The predicted molar refractivity (Wildman–Crippen MR) is 121 cm³/mol. The van der Waals surface area contributed by atoms with Crippen LogP contribution in [0.1, 0.15) is 11.1 Å². The Hall–Kier alpha value is -4.24. The van der Waals surface area contributed by atoms with Gasteiger partial charge in [0.2, 0.25) is 5.95 Å². The van der Waals surface area contributed by atoms with E-state index in [-0.39, 0.29) is 30.5 Å². The Kier molecular flexibility index (Phi) is 5.69. The van der Waals surface area contributed by atoms with Gasteiger partial charge in [-0.1, -0.05) is 0 Å². The van der Waals surface area contributed by atoms with Crippen LogP contribution in [-0.4, -0.2) is 24.5 Å². The third kappa shape index (κ3) is 4.20. The zero-order chi connectivity index (χ0) is 23.7. The number of aliphatic hydroxyl groups is 1. The molecule has 0 saturated carbocycles. The molecule has 3 heterocycles. The van der Waals surface area contributed by atoms with Crippen LogP contribution in [-0.2, 0) is 13.2 Å². The molecule has 0 aliphatic heterocycles. The molecule has 5 aromatic rings. The van der Waals surface area contributed by atoms with Crippen molar-refractivity contribution in [3.05, 3.63) is 102 Å². The molecule has 9 heteroatoms. The van der Waals surface area contributed by atoms with Gasteiger partial charge in [0.1, 0.15) is 23.1 Å². The molecular formula is C25H18F3N5O. The van der Waals surface area contributed by atoms with Gasteiger partial charge in [-0.2, -0.15) is 0 Å². The number of pyridine rings is 1. The highest BCUT2D eigenvalue weighted by Crippen LogP contribution is 2.32. The second kappa shape index (κ2) is 8.95. The third-order valence-corrected chi connectivity index (χ3v) is 5.33. The number of halogens is 3. The quantitative estimate of drug-likeness (QED) is 0.373. The first-order valence-corrected chi connectivity index (χ1v) is 10.4. The molecule has 0 aliphatic rings. The van der Waals surface area contributed by atoms with Gasteiger partial charge in [0.05, 0.1) is 23.7 Å². The normalized spacial score (nSPS) is 11.2. The molecule has 0 fully saturated rings. The summed E-state index contributed by atoms with van der Waals surface area (Å²) in [5, 5.41) is 12.4. The van der Waals surface area contributed by atoms with Crippen molar-refractivity contribution >= 4 is 11.6 Å². The summed E-state index contributed by atoms with van der Waals surface area (Å²) in [6.45, 7) is -0.145. The van der Waals surface area contributed by atoms with E-state index in [9.17, 15) is 18.3 Å². The molecule has 0 saturated heterocycles. The smallest absolute Gasteiger partial charge is 0.223 e. The highest BCUT2D eigenvalue weighted by atomic mass is 19.1. The first-order valence-electron chi connectivity index (χ1n) is 10.4. The number of aromatic nitrogens is 4. The molecule has 5 rings (SSSR count). The van der Waals surface area contributed by atoms with Crippen molar-refractivity contribution in [2.45, 2.75) is 13.2 Å². The Morgan fingerprint density at radius 1 is 0.882 bits per heavy atom. The van der Waals surface area contributed by atoms with E-state index >= 15 is 0 Å². The molecule has 0 spiro atoms. The number of anilines is 1. The number of fused-ring (bicyclic) bond motifs is 1. The fraction of sp³-hybridized carbons (Fsp3) is 0.0800. The topological polar surface area (TPSA) is 75.3 Å². The van der Waals surface area contributed by atoms with Crippen LogP contribution < -0.4 is 5.32 Å². The summed E-state index contributed by atoms with van der Waals surface area (Å²) in [7, 11) is 0. The van der Waals surface area contributed by atoms with Gasteiger partial charge in [-0.3, -0.25) is 4.40 Å². The maximum atomic E-state index is 14.0. The molecule has 0 unspecified atom stereocenters. The largest absolute Gasteiger partial charge is 0.392 e. The van der Waals surface area contributed by atoms with Gasteiger partial charge in [-0.15, -0.1) is 0 Å². The van der Waals surface area contributed by atoms with Crippen molar-refractivity contribution in [3.63, 3.8) is 0 Å². The number of aliphatic hydroxyl groups excluding tert-OH is 1. The lowest BCUT2D eigenvalue weighted by Crippen LogP contribution is -2.06. The van der Waals surface area contributed by atoms with Gasteiger partial charge < -0.3 is 10.4 Å². The van der Waals surface area contributed by atoms with Crippen molar-refractivity contribution in [2.75, 3.05) is 5.32 Å². The number of nitrogens with zero attached hydrogens (tertiary/aromatic N) is 4. The molecule has 3 aromatic heterocycles. The lowest BCUT2D eigenvalue weighted by Gasteiger charge is -2.09. The van der Waals surface area contributed by atoms with E-state index in [4.69, 9.17) is 4.98 Å². The van der Waals surface area contributed by atoms with Crippen LogP contribution in [0.15, 0.2) is 73.1 Å². The molecule has 0 radical (unpaired) electrons. The fourth-order valence-corrected chi connectivity index (χ4v) is 3.67. The molecule has 6 nitrogen and oxygen atoms in total. The van der Waals surface area contributed by atoms with E-state index in [2.05, 4.69) is 15.3 Å². The van der Waals surface area contributed by atoms with Crippen molar-refractivity contribution in [3.8, 4) is 22.6 Å². The minimum absolute atomic E-state index is 0.00905. The maximum Gasteiger partial charge on any atom is 0.223 e. The van der Waals surface area contributed by atoms with Crippen molar-refractivity contribution in [2.24, 2.45) is 0 Å². The number of hydrogen-bond acceptors (Lipinski definition) is 5. The molecule has 0 bridgehead atoms. The first kappa shape index (κ1) is 21.6. The maximum absolute atomic E-state index is 14.0. The van der Waals surface area contributed by atoms with Gasteiger partial charge in [0, 0.05) is 30.1 Å². The minimum Gasteiger partial charge on any atom is -0.392 e. The number of nitrogens with one attached hydrogen (secondary N) is 1. The summed E-state index contributed by atoms with van der Waals surface area (Å²) in [5.74, 6) is -1.22. The van der Waals surface area contributed by atoms with Crippen molar-refractivity contribution < 1.29 is 18.3 Å². The van der Waals surface area contributed by atoms with E-state index in [1.807, 2.05) is 4.40 Å². The summed E-state index contributed by atoms with van der Waals surface area (Å²) in [4.78, 5) is 13.4. The van der Waals surface area contributed by atoms with E-state index in [1.54, 1.807) is 42.7 Å². The highest BCUT2D eigenvalue weighted by molar-refractivity contribution is 5.80. The van der Waals surface area contributed by atoms with Gasteiger partial charge in [-0.05, 0) is 66.2 Å². The van der Waals surface area contributed by atoms with E-state index in [0.29, 0.717) is 33.9 Å². The minimum atomic E-state index is -0.537. The zero-order valence-corrected chi connectivity index (χ0v) is 17.7. The first-order chi connectivity index (χ1) is 16.5. The Labute approximate surface area is 192 Å². The van der Waals surface area contributed by atoms with Crippen molar-refractivity contribution in [1.29, 1.82) is 0 Å². The number of imidazole rings is 1. The van der Waals surface area contributed by atoms with E-state index in [0.717, 1.165) is 18.2 Å². The predicted octanol–water partition coefficient (Wildman–Crippen LogP) is 4.98. The van der Waals surface area contributed by atoms with Crippen LogP contribution in [0.5, 0.6) is 0 Å². The molecule has 0 amide bonds. The average Bonchev–Trinajstić information content (AvgIpc) is 3.24. The average molecular weight is 461 g/mol. The summed E-state index contributed by atoms with van der Waals surface area (Å²) < 4.78 is 42.8. The summed E-state index contributed by atoms with van der Waals surface area (Å²) >= 11 is 0. The summed E-state index contributed by atoms with van der Waals surface area (Å²) in [5.41, 5.74) is 3.81. The SMILES string of the molecule is OCc1ccn2c(-c3ccnc(NCc4cc(F)ccc4F)n3)c(-c3ccc(F)cc3)nc2c1. The van der Waals surface area contributed by atoms with Crippen LogP contribution in [0.3, 0.4) is 0 Å². The fourth-order valence-electron chi connectivity index (χ4n) is 3.67. The van der Waals surface area contributed by atoms with Gasteiger partial charge in [-0.25, -0.2) is 28.1 Å². The van der Waals surface area contributed by atoms with Crippen LogP contribution in [0.2, 0.25) is 0 Å².